The Morgan fingerprint density at radius 1 is 1.00 bits per heavy atom. The zero-order valence-corrected chi connectivity index (χ0v) is 18.0. The topological polar surface area (TPSA) is 66.4 Å². The molecule has 0 amide bonds. The Bertz CT molecular complexity index is 1190. The minimum Gasteiger partial charge on any atom is -0.388 e. The van der Waals surface area contributed by atoms with Crippen LogP contribution in [0.1, 0.15) is 31.4 Å². The van der Waals surface area contributed by atoms with Gasteiger partial charge >= 0.3 is 0 Å². The number of nitrogens with zero attached hydrogens (tertiary/aromatic N) is 4. The fraction of sp³-hybridized carbons (Fsp3) is 0.400. The van der Waals surface area contributed by atoms with E-state index in [1.54, 1.807) is 0 Å². The van der Waals surface area contributed by atoms with Gasteiger partial charge in [-0.3, -0.25) is 0 Å². The number of β-amino-alcohol motifs (C(OH)–C–C–N with tert-alkyl or cyclic N) is 1. The molecule has 0 unspecified atom stereocenters. The van der Waals surface area contributed by atoms with Crippen LogP contribution in [0.5, 0.6) is 0 Å². The standard InChI is InChI=1S/C25H30N4O2/c1-2-28-15-20(19-7-3-5-9-22(19)28)24(30)16-27-13-11-25(31,12-14-27)17-29-18-26-21-8-4-6-10-23(21)29/h3-10,15,18,24,30-31H,2,11-14,16-17H2,1H3/t24-/m0/s1. The lowest BCUT2D eigenvalue weighted by atomic mass is 9.91. The monoisotopic (exact) mass is 418 g/mol. The third-order valence-corrected chi connectivity index (χ3v) is 6.73. The summed E-state index contributed by atoms with van der Waals surface area (Å²) >= 11 is 0. The molecule has 2 aromatic heterocycles. The molecule has 1 fully saturated rings. The Balaban J connectivity index is 1.25. The van der Waals surface area contributed by atoms with Crippen molar-refractivity contribution < 1.29 is 10.2 Å². The average molecular weight is 419 g/mol. The zero-order chi connectivity index (χ0) is 21.4. The number of para-hydroxylation sites is 3. The number of imidazole rings is 1. The van der Waals surface area contributed by atoms with E-state index >= 15 is 0 Å². The van der Waals surface area contributed by atoms with Crippen LogP contribution in [-0.4, -0.2) is 54.5 Å². The summed E-state index contributed by atoms with van der Waals surface area (Å²) in [5, 5.41) is 23.3. The highest BCUT2D eigenvalue weighted by Gasteiger charge is 2.34. The molecular formula is C25H30N4O2. The largest absolute Gasteiger partial charge is 0.388 e. The molecule has 162 valence electrons. The van der Waals surface area contributed by atoms with Crippen LogP contribution in [0.25, 0.3) is 21.9 Å². The fourth-order valence-electron chi connectivity index (χ4n) is 4.91. The molecule has 1 saturated heterocycles. The maximum absolute atomic E-state index is 11.2. The number of hydrogen-bond acceptors (Lipinski definition) is 4. The Labute approximate surface area is 182 Å². The minimum atomic E-state index is -0.747. The van der Waals surface area contributed by atoms with E-state index in [9.17, 15) is 10.2 Å². The van der Waals surface area contributed by atoms with Gasteiger partial charge in [0, 0.05) is 48.8 Å². The average Bonchev–Trinajstić information content (AvgIpc) is 3.37. The molecule has 6 heteroatoms. The molecule has 0 spiro atoms. The van der Waals surface area contributed by atoms with Crippen molar-refractivity contribution in [2.45, 2.75) is 44.6 Å². The summed E-state index contributed by atoms with van der Waals surface area (Å²) < 4.78 is 4.25. The van der Waals surface area contributed by atoms with Crippen LogP contribution < -0.4 is 0 Å². The van der Waals surface area contributed by atoms with Gasteiger partial charge in [-0.2, -0.15) is 0 Å². The fourth-order valence-corrected chi connectivity index (χ4v) is 4.91. The first kappa shape index (κ1) is 20.2. The number of likely N-dealkylation sites (tertiary alicyclic amines) is 1. The Morgan fingerprint density at radius 2 is 1.71 bits per heavy atom. The van der Waals surface area contributed by atoms with Gasteiger partial charge in [0.1, 0.15) is 0 Å². The Kier molecular flexibility index (Phi) is 5.30. The van der Waals surface area contributed by atoms with Gasteiger partial charge in [0.05, 0.1) is 35.6 Å². The molecule has 0 radical (unpaired) electrons. The molecule has 0 aliphatic carbocycles. The molecule has 3 heterocycles. The van der Waals surface area contributed by atoms with Crippen LogP contribution in [0.4, 0.5) is 0 Å². The molecule has 1 aliphatic rings. The number of aryl methyl sites for hydroxylation is 1. The van der Waals surface area contributed by atoms with Gasteiger partial charge in [-0.1, -0.05) is 30.3 Å². The number of rotatable bonds is 6. The summed E-state index contributed by atoms with van der Waals surface area (Å²) in [6, 6.07) is 16.3. The smallest absolute Gasteiger partial charge is 0.0959 e. The lowest BCUT2D eigenvalue weighted by molar-refractivity contribution is -0.0408. The van der Waals surface area contributed by atoms with Crippen LogP contribution in [0, 0.1) is 0 Å². The number of fused-ring (bicyclic) bond motifs is 2. The predicted molar refractivity (Wildman–Crippen MR) is 123 cm³/mol. The summed E-state index contributed by atoms with van der Waals surface area (Å²) in [5.74, 6) is 0. The Morgan fingerprint density at radius 3 is 2.48 bits per heavy atom. The lowest BCUT2D eigenvalue weighted by Crippen LogP contribution is -2.47. The highest BCUT2D eigenvalue weighted by atomic mass is 16.3. The number of aromatic nitrogens is 3. The van der Waals surface area contributed by atoms with Crippen molar-refractivity contribution in [1.29, 1.82) is 0 Å². The third-order valence-electron chi connectivity index (χ3n) is 6.73. The van der Waals surface area contributed by atoms with E-state index in [0.29, 0.717) is 25.9 Å². The molecule has 0 saturated carbocycles. The summed E-state index contributed by atoms with van der Waals surface area (Å²) in [6.45, 7) is 5.68. The maximum atomic E-state index is 11.2. The Hall–Kier alpha value is -2.67. The van der Waals surface area contributed by atoms with E-state index < -0.39 is 11.7 Å². The van der Waals surface area contributed by atoms with Crippen LogP contribution in [0.3, 0.4) is 0 Å². The number of aliphatic hydroxyl groups excluding tert-OH is 1. The number of benzene rings is 2. The first-order valence-electron chi connectivity index (χ1n) is 11.2. The molecular weight excluding hydrogens is 388 g/mol. The quantitative estimate of drug-likeness (QED) is 0.502. The van der Waals surface area contributed by atoms with Crippen LogP contribution in [-0.2, 0) is 13.1 Å². The highest BCUT2D eigenvalue weighted by molar-refractivity contribution is 5.84. The molecule has 2 N–H and O–H groups in total. The first-order chi connectivity index (χ1) is 15.1. The molecule has 5 rings (SSSR count). The van der Waals surface area contributed by atoms with Crippen LogP contribution >= 0.6 is 0 Å². The summed E-state index contributed by atoms with van der Waals surface area (Å²) in [6.07, 6.45) is 4.73. The number of piperidine rings is 1. The van der Waals surface area contributed by atoms with Crippen molar-refractivity contribution in [3.63, 3.8) is 0 Å². The highest BCUT2D eigenvalue weighted by Crippen LogP contribution is 2.30. The molecule has 1 aliphatic heterocycles. The van der Waals surface area contributed by atoms with Gasteiger partial charge in [-0.25, -0.2) is 4.98 Å². The van der Waals surface area contributed by atoms with Crippen molar-refractivity contribution in [3.8, 4) is 0 Å². The molecule has 4 aromatic rings. The third kappa shape index (κ3) is 3.87. The van der Waals surface area contributed by atoms with Crippen LogP contribution in [0.2, 0.25) is 0 Å². The zero-order valence-electron chi connectivity index (χ0n) is 18.0. The van der Waals surface area contributed by atoms with E-state index in [1.165, 1.54) is 5.52 Å². The van der Waals surface area contributed by atoms with Crippen molar-refractivity contribution in [2.24, 2.45) is 0 Å². The van der Waals surface area contributed by atoms with Crippen molar-refractivity contribution in [2.75, 3.05) is 19.6 Å². The summed E-state index contributed by atoms with van der Waals surface area (Å²) in [7, 11) is 0. The van der Waals surface area contributed by atoms with Gasteiger partial charge in [0.25, 0.3) is 0 Å². The molecule has 2 aromatic carbocycles. The lowest BCUT2D eigenvalue weighted by Gasteiger charge is -2.39. The number of aliphatic hydroxyl groups is 2. The van der Waals surface area contributed by atoms with Crippen molar-refractivity contribution in [3.05, 3.63) is 66.6 Å². The van der Waals surface area contributed by atoms with E-state index in [0.717, 1.165) is 41.6 Å². The van der Waals surface area contributed by atoms with Gasteiger partial charge in [-0.15, -0.1) is 0 Å². The van der Waals surface area contributed by atoms with Gasteiger partial charge < -0.3 is 24.2 Å². The maximum Gasteiger partial charge on any atom is 0.0959 e. The molecule has 0 bridgehead atoms. The van der Waals surface area contributed by atoms with E-state index in [-0.39, 0.29) is 0 Å². The minimum absolute atomic E-state index is 0.540. The van der Waals surface area contributed by atoms with Gasteiger partial charge in [0.15, 0.2) is 0 Å². The second-order valence-electron chi connectivity index (χ2n) is 8.79. The second-order valence-corrected chi connectivity index (χ2v) is 8.79. The van der Waals surface area contributed by atoms with Gasteiger partial charge in [0.2, 0.25) is 0 Å². The number of hydrogen-bond donors (Lipinski definition) is 2. The SMILES string of the molecule is CCn1cc([C@@H](O)CN2CCC(O)(Cn3cnc4ccccc43)CC2)c2ccccc21. The van der Waals surface area contributed by atoms with Gasteiger partial charge in [-0.05, 0) is 38.0 Å². The van der Waals surface area contributed by atoms with E-state index in [2.05, 4.69) is 44.3 Å². The van der Waals surface area contributed by atoms with Crippen molar-refractivity contribution in [1.82, 2.24) is 19.0 Å². The normalized spacial score (nSPS) is 18.0. The molecule has 6 nitrogen and oxygen atoms in total. The molecule has 31 heavy (non-hydrogen) atoms. The van der Waals surface area contributed by atoms with Crippen molar-refractivity contribution >= 4 is 21.9 Å². The van der Waals surface area contributed by atoms with Crippen LogP contribution in [0.15, 0.2) is 61.1 Å². The predicted octanol–water partition coefficient (Wildman–Crippen LogP) is 3.57. The summed E-state index contributed by atoms with van der Waals surface area (Å²) in [4.78, 5) is 6.71. The van der Waals surface area contributed by atoms with E-state index in [4.69, 9.17) is 0 Å². The summed E-state index contributed by atoms with van der Waals surface area (Å²) in [5.41, 5.74) is 3.42. The molecule has 1 atom stereocenters. The first-order valence-corrected chi connectivity index (χ1v) is 11.2. The van der Waals surface area contributed by atoms with E-state index in [1.807, 2.05) is 42.7 Å². The second kappa shape index (κ2) is 8.11.